The molecular weight excluding hydrogens is 208 g/mol. The van der Waals surface area contributed by atoms with Gasteiger partial charge in [-0.3, -0.25) is 4.90 Å². The van der Waals surface area contributed by atoms with E-state index >= 15 is 0 Å². The molecule has 1 aliphatic carbocycles. The van der Waals surface area contributed by atoms with Gasteiger partial charge in [0.1, 0.15) is 0 Å². The quantitative estimate of drug-likeness (QED) is 0.792. The zero-order valence-corrected chi connectivity index (χ0v) is 12.1. The Hall–Kier alpha value is -0.0800. The molecule has 0 aromatic rings. The zero-order chi connectivity index (χ0) is 12.5. The maximum Gasteiger partial charge on any atom is 0.0278 e. The third-order valence-electron chi connectivity index (χ3n) is 4.57. The Labute approximate surface area is 107 Å². The Balaban J connectivity index is 1.90. The number of nitrogens with one attached hydrogen (secondary N) is 1. The van der Waals surface area contributed by atoms with Crippen LogP contribution in [0.25, 0.3) is 0 Å². The average Bonchev–Trinajstić information content (AvgIpc) is 3.05. The van der Waals surface area contributed by atoms with Crippen LogP contribution in [-0.4, -0.2) is 36.1 Å². The molecule has 1 saturated carbocycles. The van der Waals surface area contributed by atoms with Gasteiger partial charge in [0.2, 0.25) is 0 Å². The normalized spacial score (nSPS) is 31.4. The number of piperazine rings is 1. The largest absolute Gasteiger partial charge is 0.311 e. The standard InChI is InChI=1S/C15H30N2/c1-5-6-12(2)9-17-10-14(13-7-8-13)16-11-15(17,3)4/h12-14,16H,5-11H2,1-4H3. The molecular formula is C15H30N2. The van der Waals surface area contributed by atoms with Gasteiger partial charge >= 0.3 is 0 Å². The molecule has 1 heterocycles. The highest BCUT2D eigenvalue weighted by molar-refractivity contribution is 4.98. The van der Waals surface area contributed by atoms with Gasteiger partial charge in [-0.2, -0.15) is 0 Å². The van der Waals surface area contributed by atoms with Crippen molar-refractivity contribution in [3.63, 3.8) is 0 Å². The van der Waals surface area contributed by atoms with Crippen molar-refractivity contribution in [3.8, 4) is 0 Å². The SMILES string of the molecule is CCCC(C)CN1CC(C2CC2)NCC1(C)C. The van der Waals surface area contributed by atoms with Gasteiger partial charge in [0, 0.05) is 31.2 Å². The minimum absolute atomic E-state index is 0.341. The van der Waals surface area contributed by atoms with E-state index in [0.29, 0.717) is 5.54 Å². The molecule has 2 fully saturated rings. The van der Waals surface area contributed by atoms with Gasteiger partial charge in [-0.15, -0.1) is 0 Å². The smallest absolute Gasteiger partial charge is 0.0278 e. The molecule has 1 aliphatic heterocycles. The Morgan fingerprint density at radius 2 is 2.06 bits per heavy atom. The van der Waals surface area contributed by atoms with Crippen LogP contribution in [0.4, 0.5) is 0 Å². The lowest BCUT2D eigenvalue weighted by Crippen LogP contribution is -2.63. The van der Waals surface area contributed by atoms with Crippen LogP contribution in [-0.2, 0) is 0 Å². The minimum Gasteiger partial charge on any atom is -0.311 e. The van der Waals surface area contributed by atoms with E-state index in [-0.39, 0.29) is 0 Å². The lowest BCUT2D eigenvalue weighted by atomic mass is 9.93. The van der Waals surface area contributed by atoms with Crippen LogP contribution in [0.15, 0.2) is 0 Å². The third kappa shape index (κ3) is 3.45. The molecule has 0 spiro atoms. The van der Waals surface area contributed by atoms with E-state index in [2.05, 4.69) is 37.9 Å². The topological polar surface area (TPSA) is 15.3 Å². The van der Waals surface area contributed by atoms with Gasteiger partial charge in [-0.1, -0.05) is 20.3 Å². The van der Waals surface area contributed by atoms with Gasteiger partial charge < -0.3 is 5.32 Å². The van der Waals surface area contributed by atoms with E-state index in [1.54, 1.807) is 0 Å². The highest BCUT2D eigenvalue weighted by atomic mass is 15.3. The van der Waals surface area contributed by atoms with E-state index in [1.807, 2.05) is 0 Å². The molecule has 0 aromatic heterocycles. The molecule has 2 nitrogen and oxygen atoms in total. The number of nitrogens with zero attached hydrogens (tertiary/aromatic N) is 1. The summed E-state index contributed by atoms with van der Waals surface area (Å²) in [5.74, 6) is 1.83. The summed E-state index contributed by atoms with van der Waals surface area (Å²) in [4.78, 5) is 2.74. The van der Waals surface area contributed by atoms with Crippen LogP contribution >= 0.6 is 0 Å². The molecule has 2 unspecified atom stereocenters. The van der Waals surface area contributed by atoms with Gasteiger partial charge in [-0.05, 0) is 44.9 Å². The predicted octanol–water partition coefficient (Wildman–Crippen LogP) is 2.89. The summed E-state index contributed by atoms with van der Waals surface area (Å²) in [6.45, 7) is 13.2. The van der Waals surface area contributed by atoms with E-state index in [0.717, 1.165) is 24.4 Å². The predicted molar refractivity (Wildman–Crippen MR) is 74.2 cm³/mol. The van der Waals surface area contributed by atoms with E-state index in [4.69, 9.17) is 0 Å². The molecule has 0 aromatic carbocycles. The van der Waals surface area contributed by atoms with Crippen LogP contribution in [0.1, 0.15) is 53.4 Å². The van der Waals surface area contributed by atoms with Crippen molar-refractivity contribution in [2.24, 2.45) is 11.8 Å². The van der Waals surface area contributed by atoms with Gasteiger partial charge in [0.05, 0.1) is 0 Å². The molecule has 2 rings (SSSR count). The van der Waals surface area contributed by atoms with Crippen molar-refractivity contribution in [2.45, 2.75) is 65.0 Å². The van der Waals surface area contributed by atoms with Crippen LogP contribution in [0.2, 0.25) is 0 Å². The first-order chi connectivity index (χ1) is 8.03. The molecule has 2 aliphatic rings. The summed E-state index contributed by atoms with van der Waals surface area (Å²) in [7, 11) is 0. The fourth-order valence-electron chi connectivity index (χ4n) is 3.14. The molecule has 0 radical (unpaired) electrons. The van der Waals surface area contributed by atoms with Gasteiger partial charge in [0.15, 0.2) is 0 Å². The Morgan fingerprint density at radius 1 is 1.35 bits per heavy atom. The second-order valence-electron chi connectivity index (χ2n) is 6.94. The van der Waals surface area contributed by atoms with Crippen molar-refractivity contribution < 1.29 is 0 Å². The van der Waals surface area contributed by atoms with Crippen LogP contribution in [0.5, 0.6) is 0 Å². The lowest BCUT2D eigenvalue weighted by Gasteiger charge is -2.47. The highest BCUT2D eigenvalue weighted by Crippen LogP contribution is 2.35. The van der Waals surface area contributed by atoms with Crippen LogP contribution in [0, 0.1) is 11.8 Å². The molecule has 100 valence electrons. The van der Waals surface area contributed by atoms with Crippen molar-refractivity contribution in [1.82, 2.24) is 10.2 Å². The molecule has 0 bridgehead atoms. The first-order valence-electron chi connectivity index (χ1n) is 7.51. The summed E-state index contributed by atoms with van der Waals surface area (Å²) in [6.07, 6.45) is 5.60. The van der Waals surface area contributed by atoms with Crippen LogP contribution in [0.3, 0.4) is 0 Å². The van der Waals surface area contributed by atoms with E-state index in [9.17, 15) is 0 Å². The second-order valence-corrected chi connectivity index (χ2v) is 6.94. The maximum atomic E-state index is 3.76. The third-order valence-corrected chi connectivity index (χ3v) is 4.57. The van der Waals surface area contributed by atoms with Crippen molar-refractivity contribution in [3.05, 3.63) is 0 Å². The highest BCUT2D eigenvalue weighted by Gasteiger charge is 2.40. The van der Waals surface area contributed by atoms with Crippen molar-refractivity contribution >= 4 is 0 Å². The van der Waals surface area contributed by atoms with Crippen LogP contribution < -0.4 is 5.32 Å². The summed E-state index contributed by atoms with van der Waals surface area (Å²) in [5.41, 5.74) is 0.341. The van der Waals surface area contributed by atoms with Gasteiger partial charge in [0.25, 0.3) is 0 Å². The van der Waals surface area contributed by atoms with E-state index in [1.165, 1.54) is 38.8 Å². The molecule has 17 heavy (non-hydrogen) atoms. The molecule has 2 atom stereocenters. The first kappa shape index (κ1) is 13.4. The Bertz CT molecular complexity index is 245. The summed E-state index contributed by atoms with van der Waals surface area (Å²) < 4.78 is 0. The monoisotopic (exact) mass is 238 g/mol. The molecule has 2 heteroatoms. The Morgan fingerprint density at radius 3 is 2.65 bits per heavy atom. The van der Waals surface area contributed by atoms with E-state index < -0.39 is 0 Å². The minimum atomic E-state index is 0.341. The van der Waals surface area contributed by atoms with Crippen molar-refractivity contribution in [2.75, 3.05) is 19.6 Å². The molecule has 1 saturated heterocycles. The van der Waals surface area contributed by atoms with Gasteiger partial charge in [-0.25, -0.2) is 0 Å². The fraction of sp³-hybridized carbons (Fsp3) is 1.00. The molecule has 0 amide bonds. The Kier molecular flexibility index (Phi) is 4.14. The lowest BCUT2D eigenvalue weighted by molar-refractivity contribution is 0.0468. The summed E-state index contributed by atoms with van der Waals surface area (Å²) >= 11 is 0. The summed E-state index contributed by atoms with van der Waals surface area (Å²) in [5, 5.41) is 3.76. The number of hydrogen-bond acceptors (Lipinski definition) is 2. The number of hydrogen-bond donors (Lipinski definition) is 1. The second kappa shape index (κ2) is 5.27. The fourth-order valence-corrected chi connectivity index (χ4v) is 3.14. The number of rotatable bonds is 5. The van der Waals surface area contributed by atoms with Crippen molar-refractivity contribution in [1.29, 1.82) is 0 Å². The average molecular weight is 238 g/mol. The summed E-state index contributed by atoms with van der Waals surface area (Å²) in [6, 6.07) is 0.775. The maximum absolute atomic E-state index is 3.76. The molecule has 1 N–H and O–H groups in total. The first-order valence-corrected chi connectivity index (χ1v) is 7.51. The zero-order valence-electron chi connectivity index (χ0n) is 12.1.